The van der Waals surface area contributed by atoms with Gasteiger partial charge in [0.2, 0.25) is 0 Å². The molecule has 0 N–H and O–H groups in total. The largest absolute Gasteiger partial charge is 0.456 e. The van der Waals surface area contributed by atoms with Crippen LogP contribution in [0, 0.1) is 24.0 Å². The molecule has 0 aliphatic carbocycles. The number of benzene rings is 2. The van der Waals surface area contributed by atoms with Gasteiger partial charge in [-0.3, -0.25) is 10.1 Å². The molecule has 126 valence electrons. The van der Waals surface area contributed by atoms with Crippen LogP contribution in [-0.4, -0.2) is 20.9 Å². The lowest BCUT2D eigenvalue weighted by Crippen LogP contribution is -2.09. The SMILES string of the molecule is Cc1cc(C(=O)OCc2nc3ccccc3nc2C)ccc1[N+](=O)[O-]. The average Bonchev–Trinajstić information content (AvgIpc) is 2.59. The molecule has 0 radical (unpaired) electrons. The average molecular weight is 337 g/mol. The van der Waals surface area contributed by atoms with Crippen LogP contribution >= 0.6 is 0 Å². The maximum Gasteiger partial charge on any atom is 0.338 e. The molecule has 0 aliphatic rings. The number of fused-ring (bicyclic) bond motifs is 1. The zero-order valence-electron chi connectivity index (χ0n) is 13.7. The first-order valence-corrected chi connectivity index (χ1v) is 7.60. The summed E-state index contributed by atoms with van der Waals surface area (Å²) in [5, 5.41) is 10.8. The van der Waals surface area contributed by atoms with E-state index in [1.165, 1.54) is 18.2 Å². The number of hydrogen-bond acceptors (Lipinski definition) is 6. The highest BCUT2D eigenvalue weighted by molar-refractivity contribution is 5.90. The summed E-state index contributed by atoms with van der Waals surface area (Å²) in [6.07, 6.45) is 0. The van der Waals surface area contributed by atoms with Crippen molar-refractivity contribution >= 4 is 22.7 Å². The van der Waals surface area contributed by atoms with Crippen molar-refractivity contribution < 1.29 is 14.5 Å². The van der Waals surface area contributed by atoms with Crippen molar-refractivity contribution in [1.29, 1.82) is 0 Å². The summed E-state index contributed by atoms with van der Waals surface area (Å²) in [5.74, 6) is -0.563. The third kappa shape index (κ3) is 3.45. The minimum Gasteiger partial charge on any atom is -0.456 e. The van der Waals surface area contributed by atoms with Crippen LogP contribution in [0.4, 0.5) is 5.69 Å². The van der Waals surface area contributed by atoms with Gasteiger partial charge in [-0.15, -0.1) is 0 Å². The molecule has 0 bridgehead atoms. The first-order chi connectivity index (χ1) is 12.0. The molecule has 0 amide bonds. The van der Waals surface area contributed by atoms with Crippen molar-refractivity contribution in [2.75, 3.05) is 0 Å². The molecule has 2 aromatic carbocycles. The predicted octanol–water partition coefficient (Wildman–Crippen LogP) is 3.51. The summed E-state index contributed by atoms with van der Waals surface area (Å²) >= 11 is 0. The van der Waals surface area contributed by atoms with Crippen LogP contribution in [0.1, 0.15) is 27.3 Å². The second-order valence-corrected chi connectivity index (χ2v) is 5.58. The number of esters is 1. The summed E-state index contributed by atoms with van der Waals surface area (Å²) in [5.41, 5.74) is 3.40. The molecular weight excluding hydrogens is 322 g/mol. The Morgan fingerprint density at radius 1 is 1.12 bits per heavy atom. The number of aromatic nitrogens is 2. The third-order valence-electron chi connectivity index (χ3n) is 3.81. The Morgan fingerprint density at radius 3 is 2.44 bits per heavy atom. The number of ether oxygens (including phenoxy) is 1. The van der Waals surface area contributed by atoms with Crippen molar-refractivity contribution in [3.63, 3.8) is 0 Å². The first kappa shape index (κ1) is 16.5. The van der Waals surface area contributed by atoms with Crippen LogP contribution in [0.2, 0.25) is 0 Å². The van der Waals surface area contributed by atoms with Crippen molar-refractivity contribution in [2.24, 2.45) is 0 Å². The van der Waals surface area contributed by atoms with E-state index in [4.69, 9.17) is 4.74 Å². The van der Waals surface area contributed by atoms with Gasteiger partial charge in [0.05, 0.1) is 32.9 Å². The van der Waals surface area contributed by atoms with Gasteiger partial charge in [0.1, 0.15) is 6.61 Å². The Labute approximate surface area is 143 Å². The van der Waals surface area contributed by atoms with E-state index in [1.807, 2.05) is 24.3 Å². The summed E-state index contributed by atoms with van der Waals surface area (Å²) < 4.78 is 5.29. The number of carbonyl (C=O) groups is 1. The number of para-hydroxylation sites is 2. The van der Waals surface area contributed by atoms with E-state index in [-0.39, 0.29) is 17.9 Å². The second kappa shape index (κ2) is 6.64. The van der Waals surface area contributed by atoms with Gasteiger partial charge in [0.15, 0.2) is 0 Å². The summed E-state index contributed by atoms with van der Waals surface area (Å²) in [6, 6.07) is 11.6. The van der Waals surface area contributed by atoms with Gasteiger partial charge in [-0.05, 0) is 38.1 Å². The monoisotopic (exact) mass is 337 g/mol. The molecule has 7 heteroatoms. The smallest absolute Gasteiger partial charge is 0.338 e. The molecule has 1 heterocycles. The fourth-order valence-corrected chi connectivity index (χ4v) is 2.47. The third-order valence-corrected chi connectivity index (χ3v) is 3.81. The maximum atomic E-state index is 12.2. The van der Waals surface area contributed by atoms with Crippen LogP contribution in [-0.2, 0) is 11.3 Å². The molecule has 3 rings (SSSR count). The highest BCUT2D eigenvalue weighted by Gasteiger charge is 2.15. The quantitative estimate of drug-likeness (QED) is 0.411. The Balaban J connectivity index is 1.77. The lowest BCUT2D eigenvalue weighted by atomic mass is 10.1. The molecular formula is C18H15N3O4. The van der Waals surface area contributed by atoms with Gasteiger partial charge in [-0.25, -0.2) is 14.8 Å². The molecule has 0 atom stereocenters. The van der Waals surface area contributed by atoms with E-state index in [0.717, 1.165) is 11.0 Å². The normalized spacial score (nSPS) is 10.6. The molecule has 0 aliphatic heterocycles. The van der Waals surface area contributed by atoms with Gasteiger partial charge in [0, 0.05) is 11.6 Å². The molecule has 0 fully saturated rings. The number of nitro groups is 1. The molecule has 1 aromatic heterocycles. The lowest BCUT2D eigenvalue weighted by molar-refractivity contribution is -0.385. The number of carbonyl (C=O) groups excluding carboxylic acids is 1. The molecule has 0 saturated heterocycles. The minimum atomic E-state index is -0.563. The topological polar surface area (TPSA) is 95.2 Å². The van der Waals surface area contributed by atoms with Crippen molar-refractivity contribution in [2.45, 2.75) is 20.5 Å². The molecule has 25 heavy (non-hydrogen) atoms. The molecule has 0 unspecified atom stereocenters. The van der Waals surface area contributed by atoms with E-state index in [1.54, 1.807) is 13.8 Å². The van der Waals surface area contributed by atoms with Crippen LogP contribution in [0.5, 0.6) is 0 Å². The molecule has 7 nitrogen and oxygen atoms in total. The highest BCUT2D eigenvalue weighted by atomic mass is 16.6. The van der Waals surface area contributed by atoms with Gasteiger partial charge in [-0.2, -0.15) is 0 Å². The number of hydrogen-bond donors (Lipinski definition) is 0. The van der Waals surface area contributed by atoms with E-state index in [9.17, 15) is 14.9 Å². The molecule has 0 saturated carbocycles. The second-order valence-electron chi connectivity index (χ2n) is 5.58. The number of nitrogens with zero attached hydrogens (tertiary/aromatic N) is 3. The maximum absolute atomic E-state index is 12.2. The number of aryl methyl sites for hydroxylation is 2. The van der Waals surface area contributed by atoms with Crippen molar-refractivity contribution in [3.8, 4) is 0 Å². The first-order valence-electron chi connectivity index (χ1n) is 7.60. The van der Waals surface area contributed by atoms with E-state index in [2.05, 4.69) is 9.97 Å². The highest BCUT2D eigenvalue weighted by Crippen LogP contribution is 2.20. The van der Waals surface area contributed by atoms with Gasteiger partial charge in [-0.1, -0.05) is 12.1 Å². The molecule has 0 spiro atoms. The van der Waals surface area contributed by atoms with Crippen molar-refractivity contribution in [1.82, 2.24) is 9.97 Å². The van der Waals surface area contributed by atoms with Crippen LogP contribution in [0.3, 0.4) is 0 Å². The zero-order valence-corrected chi connectivity index (χ0v) is 13.7. The Morgan fingerprint density at radius 2 is 1.80 bits per heavy atom. The zero-order chi connectivity index (χ0) is 18.0. The van der Waals surface area contributed by atoms with Crippen LogP contribution < -0.4 is 0 Å². The van der Waals surface area contributed by atoms with Crippen LogP contribution in [0.15, 0.2) is 42.5 Å². The van der Waals surface area contributed by atoms with E-state index < -0.39 is 10.9 Å². The lowest BCUT2D eigenvalue weighted by Gasteiger charge is -2.08. The van der Waals surface area contributed by atoms with Gasteiger partial charge >= 0.3 is 5.97 Å². The Kier molecular flexibility index (Phi) is 4.38. The fraction of sp³-hybridized carbons (Fsp3) is 0.167. The van der Waals surface area contributed by atoms with E-state index in [0.29, 0.717) is 17.0 Å². The Bertz CT molecular complexity index is 985. The van der Waals surface area contributed by atoms with E-state index >= 15 is 0 Å². The summed E-state index contributed by atoms with van der Waals surface area (Å²) in [6.45, 7) is 3.37. The van der Waals surface area contributed by atoms with Gasteiger partial charge < -0.3 is 4.74 Å². The van der Waals surface area contributed by atoms with Gasteiger partial charge in [0.25, 0.3) is 5.69 Å². The molecule has 3 aromatic rings. The standard InChI is InChI=1S/C18H15N3O4/c1-11-9-13(7-8-17(11)21(23)24)18(22)25-10-16-12(2)19-14-5-3-4-6-15(14)20-16/h3-9H,10H2,1-2H3. The van der Waals surface area contributed by atoms with Crippen molar-refractivity contribution in [3.05, 3.63) is 75.1 Å². The number of rotatable bonds is 4. The summed E-state index contributed by atoms with van der Waals surface area (Å²) in [4.78, 5) is 31.4. The summed E-state index contributed by atoms with van der Waals surface area (Å²) in [7, 11) is 0. The fourth-order valence-electron chi connectivity index (χ4n) is 2.47. The minimum absolute atomic E-state index is 0.0153. The van der Waals surface area contributed by atoms with Crippen LogP contribution in [0.25, 0.3) is 11.0 Å². The Hall–Kier alpha value is -3.35. The number of nitro benzene ring substituents is 1. The predicted molar refractivity (Wildman–Crippen MR) is 91.2 cm³/mol.